The monoisotopic (exact) mass is 635 g/mol. The number of ketones is 2. The molecule has 5 aliphatic rings. The van der Waals surface area contributed by atoms with Gasteiger partial charge in [0.1, 0.15) is 5.60 Å². The minimum atomic E-state index is -0.901. The summed E-state index contributed by atoms with van der Waals surface area (Å²) in [7, 11) is 0. The van der Waals surface area contributed by atoms with E-state index < -0.39 is 27.9 Å². The van der Waals surface area contributed by atoms with Gasteiger partial charge in [-0.15, -0.1) is 0 Å². The van der Waals surface area contributed by atoms with Gasteiger partial charge in [-0.25, -0.2) is 4.79 Å². The Kier molecular flexibility index (Phi) is 7.25. The fourth-order valence-corrected chi connectivity index (χ4v) is 9.90. The summed E-state index contributed by atoms with van der Waals surface area (Å²) < 4.78 is 16.8. The first kappa shape index (κ1) is 31.6. The summed E-state index contributed by atoms with van der Waals surface area (Å²) in [5.41, 5.74) is -0.772. The topological polar surface area (TPSA) is 118 Å². The molecule has 1 spiro atoms. The van der Waals surface area contributed by atoms with Crippen molar-refractivity contribution < 1.29 is 33.4 Å². The molecule has 3 fully saturated rings. The van der Waals surface area contributed by atoms with E-state index in [1.807, 2.05) is 39.2 Å². The van der Waals surface area contributed by atoms with E-state index >= 15 is 0 Å². The molecular formula is C36H42ClNO7. The molecule has 7 rings (SSSR count). The van der Waals surface area contributed by atoms with E-state index in [1.165, 1.54) is 5.56 Å². The Hall–Kier alpha value is -3.36. The smallest absolute Gasteiger partial charge is 0.411 e. The van der Waals surface area contributed by atoms with Crippen molar-refractivity contribution in [2.24, 2.45) is 27.6 Å². The number of benzene rings is 1. The number of halogens is 1. The van der Waals surface area contributed by atoms with E-state index in [9.17, 15) is 19.5 Å². The van der Waals surface area contributed by atoms with Crippen LogP contribution in [0.3, 0.4) is 0 Å². The molecule has 7 unspecified atom stereocenters. The lowest BCUT2D eigenvalue weighted by molar-refractivity contribution is -0.162. The number of furan rings is 1. The summed E-state index contributed by atoms with van der Waals surface area (Å²) in [4.78, 5) is 37.9. The average Bonchev–Trinajstić information content (AvgIpc) is 3.31. The molecule has 8 nitrogen and oxygen atoms in total. The Bertz CT molecular complexity index is 1630. The van der Waals surface area contributed by atoms with Crippen LogP contribution in [0.5, 0.6) is 0 Å². The van der Waals surface area contributed by atoms with Crippen molar-refractivity contribution in [2.45, 2.75) is 91.5 Å². The predicted molar refractivity (Wildman–Crippen MR) is 170 cm³/mol. The largest absolute Gasteiger partial charge is 0.504 e. The van der Waals surface area contributed by atoms with Gasteiger partial charge in [-0.1, -0.05) is 37.6 Å². The minimum Gasteiger partial charge on any atom is -0.504 e. The van der Waals surface area contributed by atoms with Gasteiger partial charge in [0.15, 0.2) is 11.5 Å². The number of nitrogens with one attached hydrogen (secondary N) is 1. The van der Waals surface area contributed by atoms with Crippen molar-refractivity contribution in [2.75, 3.05) is 5.32 Å². The Morgan fingerprint density at radius 2 is 1.87 bits per heavy atom. The van der Waals surface area contributed by atoms with Crippen LogP contribution in [0.4, 0.5) is 10.5 Å². The van der Waals surface area contributed by atoms with Crippen molar-refractivity contribution in [3.05, 3.63) is 76.9 Å². The molecule has 1 aliphatic heterocycles. The molecule has 0 radical (unpaired) electrons. The van der Waals surface area contributed by atoms with Gasteiger partial charge in [-0.2, -0.15) is 0 Å². The van der Waals surface area contributed by atoms with E-state index in [2.05, 4.69) is 19.2 Å². The second-order valence-corrected chi connectivity index (χ2v) is 15.1. The summed E-state index contributed by atoms with van der Waals surface area (Å²) >= 11 is 5.74. The number of allylic oxidation sites excluding steroid dienone is 4. The number of rotatable bonds is 3. The van der Waals surface area contributed by atoms with Gasteiger partial charge in [-0.3, -0.25) is 14.9 Å². The Morgan fingerprint density at radius 3 is 2.51 bits per heavy atom. The lowest BCUT2D eigenvalue weighted by Gasteiger charge is -2.62. The van der Waals surface area contributed by atoms with Crippen LogP contribution in [0.25, 0.3) is 0 Å². The first-order valence-electron chi connectivity index (χ1n) is 15.7. The standard InChI is InChI=1S/C26H30O5.C10H12ClNO2/c1-22(2)17(27)7-9-23(3)16-6-10-24(4)15(14-8-11-30-13-14)12-18-26(24,31-18)25(16,5)21(29)19(28)20(22)23;1-7(2)14-10(13)12-9-5-3-4-8(11)6-9/h7-9,11,13,15-16,18,28H,6,10,12H2,1-5H3;3-7H,1-2H3,(H,12,13). The van der Waals surface area contributed by atoms with E-state index in [0.717, 1.165) is 19.3 Å². The molecule has 1 aromatic carbocycles. The molecular weight excluding hydrogens is 594 g/mol. The normalized spacial score (nSPS) is 37.1. The zero-order chi connectivity index (χ0) is 32.7. The number of fused-ring (bicyclic) bond motifs is 3. The average molecular weight is 636 g/mol. The third-order valence-electron chi connectivity index (χ3n) is 11.6. The van der Waals surface area contributed by atoms with E-state index in [4.69, 9.17) is 25.5 Å². The van der Waals surface area contributed by atoms with Crippen molar-refractivity contribution in [1.29, 1.82) is 0 Å². The maximum atomic E-state index is 14.0. The summed E-state index contributed by atoms with van der Waals surface area (Å²) in [5.74, 6) is -0.312. The van der Waals surface area contributed by atoms with Gasteiger partial charge < -0.3 is 19.0 Å². The number of epoxide rings is 1. The number of aliphatic hydroxyl groups excluding tert-OH is 1. The molecule has 240 valence electrons. The second kappa shape index (κ2) is 10.3. The maximum absolute atomic E-state index is 14.0. The fourth-order valence-electron chi connectivity index (χ4n) is 9.71. The van der Waals surface area contributed by atoms with Crippen LogP contribution in [0, 0.1) is 27.6 Å². The van der Waals surface area contributed by atoms with Crippen molar-refractivity contribution in [3.8, 4) is 0 Å². The third-order valence-corrected chi connectivity index (χ3v) is 11.8. The fraction of sp³-hybridized carbons (Fsp3) is 0.528. The number of aliphatic hydroxyl groups is 1. The number of carbonyl (C=O) groups is 3. The number of carbonyl (C=O) groups excluding carboxylic acids is 3. The van der Waals surface area contributed by atoms with Gasteiger partial charge in [0.25, 0.3) is 0 Å². The maximum Gasteiger partial charge on any atom is 0.411 e. The van der Waals surface area contributed by atoms with Gasteiger partial charge in [0.05, 0.1) is 35.6 Å². The van der Waals surface area contributed by atoms with Crippen molar-refractivity contribution >= 4 is 34.9 Å². The lowest BCUT2D eigenvalue weighted by Crippen LogP contribution is -2.66. The van der Waals surface area contributed by atoms with Crippen LogP contribution in [-0.2, 0) is 19.1 Å². The Balaban J connectivity index is 0.000000216. The quantitative estimate of drug-likeness (QED) is 0.326. The molecule has 1 amide bonds. The van der Waals surface area contributed by atoms with Crippen LogP contribution >= 0.6 is 11.6 Å². The zero-order valence-electron chi connectivity index (χ0n) is 26.9. The van der Waals surface area contributed by atoms with Crippen LogP contribution in [0.1, 0.15) is 79.2 Å². The third kappa shape index (κ3) is 4.31. The molecule has 45 heavy (non-hydrogen) atoms. The molecule has 9 heteroatoms. The van der Waals surface area contributed by atoms with Crippen molar-refractivity contribution in [3.63, 3.8) is 0 Å². The summed E-state index contributed by atoms with van der Waals surface area (Å²) in [5, 5.41) is 14.5. The van der Waals surface area contributed by atoms with Crippen LogP contribution in [0.2, 0.25) is 5.02 Å². The molecule has 7 atom stereocenters. The molecule has 0 bridgehead atoms. The predicted octanol–water partition coefficient (Wildman–Crippen LogP) is 8.19. The number of Topliss-reactive ketones (excluding diaryl/α,β-unsaturated/α-hetero) is 1. The highest BCUT2D eigenvalue weighted by Crippen LogP contribution is 2.81. The van der Waals surface area contributed by atoms with E-state index in [-0.39, 0.29) is 46.8 Å². The zero-order valence-corrected chi connectivity index (χ0v) is 27.7. The number of amides is 1. The highest BCUT2D eigenvalue weighted by molar-refractivity contribution is 6.30. The number of ether oxygens (including phenoxy) is 2. The first-order chi connectivity index (χ1) is 21.0. The second-order valence-electron chi connectivity index (χ2n) is 14.6. The molecule has 2 aromatic rings. The van der Waals surface area contributed by atoms with Crippen LogP contribution < -0.4 is 5.32 Å². The number of hydrogen-bond donors (Lipinski definition) is 2. The summed E-state index contributed by atoms with van der Waals surface area (Å²) in [6.07, 6.45) is 9.16. The van der Waals surface area contributed by atoms with Gasteiger partial charge in [0, 0.05) is 21.5 Å². The van der Waals surface area contributed by atoms with Gasteiger partial charge >= 0.3 is 6.09 Å². The first-order valence-corrected chi connectivity index (χ1v) is 16.1. The van der Waals surface area contributed by atoms with Crippen molar-refractivity contribution in [1.82, 2.24) is 0 Å². The number of anilines is 1. The molecule has 1 aromatic heterocycles. The summed E-state index contributed by atoms with van der Waals surface area (Å²) in [6.45, 7) is 13.6. The molecule has 2 heterocycles. The highest BCUT2D eigenvalue weighted by Gasteiger charge is 2.87. The molecule has 4 aliphatic carbocycles. The molecule has 2 N–H and O–H groups in total. The van der Waals surface area contributed by atoms with Gasteiger partial charge in [0.2, 0.25) is 5.78 Å². The van der Waals surface area contributed by atoms with Gasteiger partial charge in [-0.05, 0) is 107 Å². The number of hydrogen-bond acceptors (Lipinski definition) is 7. The van der Waals surface area contributed by atoms with Crippen LogP contribution in [-0.4, -0.2) is 40.6 Å². The summed E-state index contributed by atoms with van der Waals surface area (Å²) in [6, 6.07) is 8.92. The molecule has 2 saturated carbocycles. The Morgan fingerprint density at radius 1 is 1.13 bits per heavy atom. The van der Waals surface area contributed by atoms with Crippen LogP contribution in [0.15, 0.2) is 70.8 Å². The van der Waals surface area contributed by atoms with E-state index in [1.54, 1.807) is 50.5 Å². The lowest BCUT2D eigenvalue weighted by atomic mass is 9.39. The Labute approximate surface area is 269 Å². The highest BCUT2D eigenvalue weighted by atomic mass is 35.5. The van der Waals surface area contributed by atoms with E-state index in [0.29, 0.717) is 16.3 Å². The SMILES string of the molecule is CC(C)OC(=O)Nc1cccc(Cl)c1.CC1(C)C(=O)C=CC2(C)C1=C(O)C(=O)C1(C)C2CCC2(C)C(c3ccoc3)CC3OC321. The minimum absolute atomic E-state index is 0.00527. The molecule has 1 saturated heterocycles.